The number of para-hydroxylation sites is 1. The molecule has 0 aliphatic heterocycles. The third-order valence-corrected chi connectivity index (χ3v) is 2.86. The van der Waals surface area contributed by atoms with Crippen LogP contribution in [0.5, 0.6) is 0 Å². The second-order valence-electron chi connectivity index (χ2n) is 4.70. The Balaban J connectivity index is 2.52. The Hall–Kier alpha value is -1.75. The van der Waals surface area contributed by atoms with Gasteiger partial charge in [-0.2, -0.15) is 0 Å². The lowest BCUT2D eigenvalue weighted by molar-refractivity contribution is 0.0602. The lowest BCUT2D eigenvalue weighted by Crippen LogP contribution is -2.14. The molecule has 5 heteroatoms. The average Bonchev–Trinajstić information content (AvgIpc) is 2.39. The summed E-state index contributed by atoms with van der Waals surface area (Å²) in [5.74, 6) is -0.409. The summed E-state index contributed by atoms with van der Waals surface area (Å²) in [5.41, 5.74) is 7.59. The van der Waals surface area contributed by atoms with Gasteiger partial charge in [0.05, 0.1) is 24.0 Å². The van der Waals surface area contributed by atoms with E-state index in [0.29, 0.717) is 11.3 Å². The highest BCUT2D eigenvalue weighted by atomic mass is 16.5. The van der Waals surface area contributed by atoms with Gasteiger partial charge < -0.3 is 20.7 Å². The summed E-state index contributed by atoms with van der Waals surface area (Å²) in [5, 5.41) is 3.25. The number of hydrogen-bond acceptors (Lipinski definition) is 5. The molecule has 0 unspecified atom stereocenters. The van der Waals surface area contributed by atoms with Crippen LogP contribution in [0.25, 0.3) is 0 Å². The van der Waals surface area contributed by atoms with Gasteiger partial charge in [0.15, 0.2) is 0 Å². The van der Waals surface area contributed by atoms with E-state index in [9.17, 15) is 4.79 Å². The number of anilines is 2. The molecule has 0 fully saturated rings. The summed E-state index contributed by atoms with van der Waals surface area (Å²) in [4.78, 5) is 13.7. The number of esters is 1. The van der Waals surface area contributed by atoms with Crippen LogP contribution >= 0.6 is 0 Å². The highest BCUT2D eigenvalue weighted by molar-refractivity contribution is 5.98. The third-order valence-electron chi connectivity index (χ3n) is 2.86. The first kappa shape index (κ1) is 15.3. The fourth-order valence-corrected chi connectivity index (χ4v) is 1.78. The maximum Gasteiger partial charge on any atom is 0.340 e. The topological polar surface area (TPSA) is 67.6 Å². The molecule has 0 heterocycles. The van der Waals surface area contributed by atoms with Crippen molar-refractivity contribution >= 4 is 17.3 Å². The number of carbonyl (C=O) groups excluding carboxylic acids is 1. The number of rotatable bonds is 7. The largest absolute Gasteiger partial charge is 0.465 e. The fourth-order valence-electron chi connectivity index (χ4n) is 1.78. The van der Waals surface area contributed by atoms with E-state index >= 15 is 0 Å². The van der Waals surface area contributed by atoms with Gasteiger partial charge in [-0.3, -0.25) is 0 Å². The van der Waals surface area contributed by atoms with E-state index in [-0.39, 0.29) is 0 Å². The van der Waals surface area contributed by atoms with Crippen LogP contribution in [0.4, 0.5) is 11.4 Å². The second-order valence-corrected chi connectivity index (χ2v) is 4.70. The van der Waals surface area contributed by atoms with Gasteiger partial charge in [-0.15, -0.1) is 0 Å². The van der Waals surface area contributed by atoms with Crippen LogP contribution in [0.1, 0.15) is 23.2 Å². The third kappa shape index (κ3) is 4.79. The van der Waals surface area contributed by atoms with E-state index in [4.69, 9.17) is 5.73 Å². The minimum absolute atomic E-state index is 0.404. The van der Waals surface area contributed by atoms with Crippen molar-refractivity contribution in [3.05, 3.63) is 23.8 Å². The highest BCUT2D eigenvalue weighted by Gasteiger charge is 2.12. The first-order valence-electron chi connectivity index (χ1n) is 6.41. The quantitative estimate of drug-likeness (QED) is 0.447. The van der Waals surface area contributed by atoms with Crippen molar-refractivity contribution < 1.29 is 9.53 Å². The molecule has 3 N–H and O–H groups in total. The zero-order valence-electron chi connectivity index (χ0n) is 11.9. The Morgan fingerprint density at radius 1 is 1.37 bits per heavy atom. The number of methoxy groups -OCH3 is 1. The zero-order valence-corrected chi connectivity index (χ0v) is 11.9. The Bertz CT molecular complexity index is 419. The Morgan fingerprint density at radius 2 is 2.11 bits per heavy atom. The first-order chi connectivity index (χ1) is 9.06. The summed E-state index contributed by atoms with van der Waals surface area (Å²) in [6, 6.07) is 5.33. The van der Waals surface area contributed by atoms with Crippen molar-refractivity contribution in [1.29, 1.82) is 0 Å². The number of hydrogen-bond donors (Lipinski definition) is 2. The molecular weight excluding hydrogens is 242 g/mol. The van der Waals surface area contributed by atoms with Crippen LogP contribution in [-0.4, -0.2) is 45.2 Å². The molecule has 0 atom stereocenters. The van der Waals surface area contributed by atoms with Gasteiger partial charge >= 0.3 is 5.97 Å². The molecule has 19 heavy (non-hydrogen) atoms. The molecule has 0 aliphatic carbocycles. The first-order valence-corrected chi connectivity index (χ1v) is 6.41. The summed E-state index contributed by atoms with van der Waals surface area (Å²) < 4.78 is 4.69. The minimum Gasteiger partial charge on any atom is -0.465 e. The van der Waals surface area contributed by atoms with Crippen LogP contribution in [0, 0.1) is 0 Å². The van der Waals surface area contributed by atoms with Crippen molar-refractivity contribution in [3.63, 3.8) is 0 Å². The van der Waals surface area contributed by atoms with E-state index < -0.39 is 5.97 Å². The van der Waals surface area contributed by atoms with Crippen molar-refractivity contribution in [2.45, 2.75) is 12.8 Å². The molecule has 0 saturated carbocycles. The minimum atomic E-state index is -0.409. The lowest BCUT2D eigenvalue weighted by atomic mass is 10.1. The predicted octanol–water partition coefficient (Wildman–Crippen LogP) is 1.81. The molecule has 0 radical (unpaired) electrons. The zero-order chi connectivity index (χ0) is 14.3. The molecule has 0 aliphatic rings. The van der Waals surface area contributed by atoms with Gasteiger partial charge in [0, 0.05) is 6.54 Å². The number of ether oxygens (including phenoxy) is 1. The van der Waals surface area contributed by atoms with Crippen LogP contribution in [-0.2, 0) is 4.74 Å². The number of nitrogens with two attached hydrogens (primary N) is 1. The normalized spacial score (nSPS) is 10.5. The standard InChI is InChI=1S/C14H23N3O2/c1-17(2)10-5-4-9-16-12-8-6-7-11(13(12)15)14(18)19-3/h6-8,16H,4-5,9-10,15H2,1-3H3. The average molecular weight is 265 g/mol. The van der Waals surface area contributed by atoms with Gasteiger partial charge in [0.25, 0.3) is 0 Å². The molecule has 0 spiro atoms. The van der Waals surface area contributed by atoms with Crippen LogP contribution in [0.3, 0.4) is 0 Å². The van der Waals surface area contributed by atoms with E-state index in [1.165, 1.54) is 7.11 Å². The molecule has 5 nitrogen and oxygen atoms in total. The van der Waals surface area contributed by atoms with E-state index in [1.807, 2.05) is 6.07 Å². The molecule has 1 aromatic carbocycles. The summed E-state index contributed by atoms with van der Waals surface area (Å²) >= 11 is 0. The number of unbranched alkanes of at least 4 members (excludes halogenated alkanes) is 1. The number of carbonyl (C=O) groups is 1. The van der Waals surface area contributed by atoms with Gasteiger partial charge in [0.1, 0.15) is 0 Å². The van der Waals surface area contributed by atoms with Crippen molar-refractivity contribution in [3.8, 4) is 0 Å². The summed E-state index contributed by atoms with van der Waals surface area (Å²) in [6.07, 6.45) is 2.18. The molecule has 0 amide bonds. The Morgan fingerprint density at radius 3 is 2.74 bits per heavy atom. The van der Waals surface area contributed by atoms with Crippen LogP contribution in [0.2, 0.25) is 0 Å². The van der Waals surface area contributed by atoms with Crippen molar-refractivity contribution in [1.82, 2.24) is 4.90 Å². The monoisotopic (exact) mass is 265 g/mol. The maximum atomic E-state index is 11.5. The Labute approximate surface area is 114 Å². The van der Waals surface area contributed by atoms with Gasteiger partial charge in [0.2, 0.25) is 0 Å². The molecule has 0 aromatic heterocycles. The molecular formula is C14H23N3O2. The molecule has 0 saturated heterocycles. The number of nitrogens with one attached hydrogen (secondary N) is 1. The molecule has 1 rings (SSSR count). The number of benzene rings is 1. The van der Waals surface area contributed by atoms with E-state index in [2.05, 4.69) is 29.0 Å². The summed E-state index contributed by atoms with van der Waals surface area (Å²) in [6.45, 7) is 1.90. The molecule has 0 bridgehead atoms. The predicted molar refractivity (Wildman–Crippen MR) is 78.5 cm³/mol. The van der Waals surface area contributed by atoms with Crippen molar-refractivity contribution in [2.24, 2.45) is 0 Å². The van der Waals surface area contributed by atoms with Crippen molar-refractivity contribution in [2.75, 3.05) is 45.3 Å². The van der Waals surface area contributed by atoms with Gasteiger partial charge in [-0.1, -0.05) is 6.07 Å². The molecule has 1 aromatic rings. The highest BCUT2D eigenvalue weighted by Crippen LogP contribution is 2.23. The maximum absolute atomic E-state index is 11.5. The second kappa shape index (κ2) is 7.63. The van der Waals surface area contributed by atoms with E-state index in [0.717, 1.165) is 31.6 Å². The molecule has 106 valence electrons. The SMILES string of the molecule is COC(=O)c1cccc(NCCCCN(C)C)c1N. The lowest BCUT2D eigenvalue weighted by Gasteiger charge is -2.13. The fraction of sp³-hybridized carbons (Fsp3) is 0.500. The van der Waals surface area contributed by atoms with Crippen LogP contribution in [0.15, 0.2) is 18.2 Å². The summed E-state index contributed by atoms with van der Waals surface area (Å²) in [7, 11) is 5.47. The van der Waals surface area contributed by atoms with Gasteiger partial charge in [-0.05, 0) is 45.6 Å². The van der Waals surface area contributed by atoms with Crippen LogP contribution < -0.4 is 11.1 Å². The Kier molecular flexibility index (Phi) is 6.15. The number of nitrogen functional groups attached to an aromatic ring is 1. The van der Waals surface area contributed by atoms with E-state index in [1.54, 1.807) is 12.1 Å². The number of nitrogens with zero attached hydrogens (tertiary/aromatic N) is 1. The smallest absolute Gasteiger partial charge is 0.340 e. The van der Waals surface area contributed by atoms with Gasteiger partial charge in [-0.25, -0.2) is 4.79 Å².